The molecular formula is C12H12F2N2O3. The van der Waals surface area contributed by atoms with Crippen molar-refractivity contribution in [2.24, 2.45) is 5.73 Å². The van der Waals surface area contributed by atoms with Gasteiger partial charge in [-0.05, 0) is 24.6 Å². The second-order valence-corrected chi connectivity index (χ2v) is 3.42. The molecule has 0 aliphatic heterocycles. The molecule has 0 aromatic heterocycles. The van der Waals surface area contributed by atoms with Gasteiger partial charge in [0, 0.05) is 6.54 Å². The van der Waals surface area contributed by atoms with E-state index in [4.69, 9.17) is 15.7 Å². The number of esters is 1. The highest BCUT2D eigenvalue weighted by atomic mass is 19.3. The van der Waals surface area contributed by atoms with Crippen LogP contribution < -0.4 is 10.5 Å². The average molecular weight is 270 g/mol. The van der Waals surface area contributed by atoms with Crippen LogP contribution in [0.5, 0.6) is 5.75 Å². The molecule has 0 saturated heterocycles. The first-order valence-corrected chi connectivity index (χ1v) is 5.42. The van der Waals surface area contributed by atoms with Crippen LogP contribution in [0.15, 0.2) is 12.1 Å². The number of rotatable bonds is 5. The van der Waals surface area contributed by atoms with Crippen molar-refractivity contribution >= 4 is 5.97 Å². The summed E-state index contributed by atoms with van der Waals surface area (Å²) in [7, 11) is 0. The van der Waals surface area contributed by atoms with Gasteiger partial charge >= 0.3 is 12.6 Å². The Morgan fingerprint density at radius 1 is 1.53 bits per heavy atom. The van der Waals surface area contributed by atoms with Crippen LogP contribution in [-0.4, -0.2) is 19.2 Å². The Hall–Kier alpha value is -2.20. The maximum atomic E-state index is 12.3. The zero-order chi connectivity index (χ0) is 14.4. The number of carbonyl (C=O) groups excluding carboxylic acids is 1. The van der Waals surface area contributed by atoms with Crippen LogP contribution >= 0.6 is 0 Å². The number of benzene rings is 1. The number of nitriles is 1. The van der Waals surface area contributed by atoms with Crippen molar-refractivity contribution in [3.05, 3.63) is 28.8 Å². The number of nitrogens with zero attached hydrogens (tertiary/aromatic N) is 1. The van der Waals surface area contributed by atoms with Gasteiger partial charge in [0.2, 0.25) is 0 Å². The number of ether oxygens (including phenoxy) is 2. The summed E-state index contributed by atoms with van der Waals surface area (Å²) in [5, 5.41) is 8.91. The third kappa shape index (κ3) is 3.63. The van der Waals surface area contributed by atoms with Crippen molar-refractivity contribution in [3.63, 3.8) is 0 Å². The molecule has 0 aliphatic carbocycles. The molecule has 0 aliphatic rings. The average Bonchev–Trinajstić information content (AvgIpc) is 2.37. The molecular weight excluding hydrogens is 258 g/mol. The first kappa shape index (κ1) is 14.9. The normalized spacial score (nSPS) is 10.1. The van der Waals surface area contributed by atoms with Gasteiger partial charge in [0.1, 0.15) is 11.3 Å². The molecule has 0 fully saturated rings. The summed E-state index contributed by atoms with van der Waals surface area (Å²) >= 11 is 0. The lowest BCUT2D eigenvalue weighted by Crippen LogP contribution is -2.12. The first-order valence-electron chi connectivity index (χ1n) is 5.42. The predicted molar refractivity (Wildman–Crippen MR) is 61.6 cm³/mol. The molecule has 0 radical (unpaired) electrons. The van der Waals surface area contributed by atoms with Crippen LogP contribution in [-0.2, 0) is 11.3 Å². The van der Waals surface area contributed by atoms with Gasteiger partial charge in [-0.1, -0.05) is 0 Å². The second kappa shape index (κ2) is 6.66. The molecule has 0 saturated carbocycles. The van der Waals surface area contributed by atoms with Crippen LogP contribution in [0.1, 0.15) is 28.4 Å². The van der Waals surface area contributed by atoms with E-state index in [0.29, 0.717) is 5.56 Å². The number of nitrogens with two attached hydrogens (primary N) is 1. The number of halogens is 2. The smallest absolute Gasteiger partial charge is 0.387 e. The van der Waals surface area contributed by atoms with Crippen molar-refractivity contribution in [3.8, 4) is 11.8 Å². The van der Waals surface area contributed by atoms with E-state index in [1.807, 2.05) is 6.07 Å². The topological polar surface area (TPSA) is 85.3 Å². The lowest BCUT2D eigenvalue weighted by atomic mass is 10.0. The van der Waals surface area contributed by atoms with Crippen LogP contribution in [0.4, 0.5) is 8.78 Å². The highest BCUT2D eigenvalue weighted by molar-refractivity contribution is 5.93. The van der Waals surface area contributed by atoms with E-state index in [9.17, 15) is 13.6 Å². The summed E-state index contributed by atoms with van der Waals surface area (Å²) in [6, 6.07) is 4.12. The molecule has 0 atom stereocenters. The summed E-state index contributed by atoms with van der Waals surface area (Å²) in [5.41, 5.74) is 5.60. The second-order valence-electron chi connectivity index (χ2n) is 3.42. The molecule has 0 bridgehead atoms. The van der Waals surface area contributed by atoms with Gasteiger partial charge in [-0.2, -0.15) is 14.0 Å². The van der Waals surface area contributed by atoms with Gasteiger partial charge in [0.25, 0.3) is 0 Å². The monoisotopic (exact) mass is 270 g/mol. The Labute approximate surface area is 108 Å². The van der Waals surface area contributed by atoms with Crippen molar-refractivity contribution < 1.29 is 23.0 Å². The molecule has 1 aromatic carbocycles. The molecule has 19 heavy (non-hydrogen) atoms. The van der Waals surface area contributed by atoms with Gasteiger partial charge in [-0.25, -0.2) is 4.79 Å². The summed E-state index contributed by atoms with van der Waals surface area (Å²) in [5.74, 6) is -1.19. The third-order valence-electron chi connectivity index (χ3n) is 2.26. The van der Waals surface area contributed by atoms with Crippen LogP contribution in [0.25, 0.3) is 0 Å². The van der Waals surface area contributed by atoms with Crippen LogP contribution in [0.2, 0.25) is 0 Å². The van der Waals surface area contributed by atoms with Gasteiger partial charge < -0.3 is 15.2 Å². The van der Waals surface area contributed by atoms with E-state index < -0.39 is 12.6 Å². The summed E-state index contributed by atoms with van der Waals surface area (Å²) in [4.78, 5) is 11.6. The third-order valence-corrected chi connectivity index (χ3v) is 2.26. The molecule has 0 heterocycles. The Balaban J connectivity index is 3.32. The van der Waals surface area contributed by atoms with E-state index in [1.165, 1.54) is 0 Å². The zero-order valence-corrected chi connectivity index (χ0v) is 10.2. The van der Waals surface area contributed by atoms with Gasteiger partial charge in [0.15, 0.2) is 0 Å². The van der Waals surface area contributed by atoms with E-state index in [0.717, 1.165) is 12.1 Å². The highest BCUT2D eigenvalue weighted by Gasteiger charge is 2.20. The highest BCUT2D eigenvalue weighted by Crippen LogP contribution is 2.26. The van der Waals surface area contributed by atoms with Crippen molar-refractivity contribution in [1.29, 1.82) is 5.26 Å². The minimum Gasteiger partial charge on any atom is -0.462 e. The molecule has 5 nitrogen and oxygen atoms in total. The van der Waals surface area contributed by atoms with Crippen LogP contribution in [0, 0.1) is 11.3 Å². The molecule has 2 N–H and O–H groups in total. The molecule has 1 rings (SSSR count). The fourth-order valence-corrected chi connectivity index (χ4v) is 1.46. The van der Waals surface area contributed by atoms with E-state index >= 15 is 0 Å². The molecule has 0 amide bonds. The molecule has 0 spiro atoms. The summed E-state index contributed by atoms with van der Waals surface area (Å²) in [6.45, 7) is -1.48. The largest absolute Gasteiger partial charge is 0.462 e. The lowest BCUT2D eigenvalue weighted by molar-refractivity contribution is -0.0504. The van der Waals surface area contributed by atoms with Gasteiger partial charge in [-0.15, -0.1) is 0 Å². The molecule has 102 valence electrons. The van der Waals surface area contributed by atoms with Crippen molar-refractivity contribution in [2.75, 3.05) is 6.61 Å². The van der Waals surface area contributed by atoms with Crippen LogP contribution in [0.3, 0.4) is 0 Å². The fourth-order valence-electron chi connectivity index (χ4n) is 1.46. The van der Waals surface area contributed by atoms with E-state index in [1.54, 1.807) is 6.92 Å². The van der Waals surface area contributed by atoms with Crippen molar-refractivity contribution in [1.82, 2.24) is 0 Å². The maximum absolute atomic E-state index is 12.3. The maximum Gasteiger partial charge on any atom is 0.387 e. The first-order chi connectivity index (χ1) is 9.03. The standard InChI is InChI=1S/C12H12F2N2O3/c1-2-18-11(17)9-3-7(5-15)8(6-16)4-10(9)19-12(13)14/h3-4,12H,2,6,16H2,1H3. The van der Waals surface area contributed by atoms with Gasteiger partial charge in [-0.3, -0.25) is 0 Å². The summed E-state index contributed by atoms with van der Waals surface area (Å²) < 4.78 is 33.6. The van der Waals surface area contributed by atoms with Crippen molar-refractivity contribution in [2.45, 2.75) is 20.1 Å². The van der Waals surface area contributed by atoms with E-state index in [-0.39, 0.29) is 30.0 Å². The quantitative estimate of drug-likeness (QED) is 0.824. The Bertz CT molecular complexity index is 512. The number of alkyl halides is 2. The SMILES string of the molecule is CCOC(=O)c1cc(C#N)c(CN)cc1OC(F)F. The fraction of sp³-hybridized carbons (Fsp3) is 0.333. The minimum absolute atomic E-state index is 0.0361. The molecule has 0 unspecified atom stereocenters. The predicted octanol–water partition coefficient (Wildman–Crippen LogP) is 1.80. The minimum atomic E-state index is -3.09. The van der Waals surface area contributed by atoms with E-state index in [2.05, 4.69) is 4.74 Å². The Morgan fingerprint density at radius 3 is 2.68 bits per heavy atom. The number of hydrogen-bond acceptors (Lipinski definition) is 5. The zero-order valence-electron chi connectivity index (χ0n) is 10.2. The van der Waals surface area contributed by atoms with Gasteiger partial charge in [0.05, 0.1) is 18.2 Å². The summed E-state index contributed by atoms with van der Waals surface area (Å²) in [6.07, 6.45) is 0. The molecule has 7 heteroatoms. The lowest BCUT2D eigenvalue weighted by Gasteiger charge is -2.12. The number of hydrogen-bond donors (Lipinski definition) is 1. The Kier molecular flexibility index (Phi) is 5.21. The Morgan fingerprint density at radius 2 is 2.21 bits per heavy atom. The number of carbonyl (C=O) groups is 1. The molecule has 1 aromatic rings.